The molecule has 11 heteroatoms. The zero-order valence-electron chi connectivity index (χ0n) is 15.7. The number of H-pyrrole nitrogens is 2. The maximum atomic E-state index is 12.9. The van der Waals surface area contributed by atoms with E-state index in [0.717, 1.165) is 22.0 Å². The van der Waals surface area contributed by atoms with E-state index in [1.807, 2.05) is 17.2 Å². The van der Waals surface area contributed by atoms with Gasteiger partial charge in [0.25, 0.3) is 0 Å². The zero-order chi connectivity index (χ0) is 20.0. The third-order valence-electron chi connectivity index (χ3n) is 4.94. The SMILES string of the molecule is CC[C@@H]1C(=O)N(C)c2cnc(-c3cn[nH]c3-c3nccs3)nc2N1c1cn[nH]c1. The van der Waals surface area contributed by atoms with Crippen LogP contribution in [0.3, 0.4) is 0 Å². The van der Waals surface area contributed by atoms with Gasteiger partial charge in [-0.25, -0.2) is 15.0 Å². The largest absolute Gasteiger partial charge is 0.309 e. The second-order valence-electron chi connectivity index (χ2n) is 6.55. The number of hydrogen-bond donors (Lipinski definition) is 2. The van der Waals surface area contributed by atoms with Crippen molar-refractivity contribution in [1.29, 1.82) is 0 Å². The van der Waals surface area contributed by atoms with Gasteiger partial charge < -0.3 is 9.80 Å². The number of nitrogens with one attached hydrogen (secondary N) is 2. The van der Waals surface area contributed by atoms with Crippen LogP contribution in [0.5, 0.6) is 0 Å². The van der Waals surface area contributed by atoms with Gasteiger partial charge in [0, 0.05) is 24.8 Å². The van der Waals surface area contributed by atoms with E-state index < -0.39 is 0 Å². The Hall–Kier alpha value is -3.60. The molecular formula is C18H17N9OS. The molecule has 4 aromatic rings. The summed E-state index contributed by atoms with van der Waals surface area (Å²) in [5, 5.41) is 16.7. The summed E-state index contributed by atoms with van der Waals surface area (Å²) in [6.45, 7) is 1.98. The van der Waals surface area contributed by atoms with Crippen molar-refractivity contribution in [3.8, 4) is 22.1 Å². The van der Waals surface area contributed by atoms with Gasteiger partial charge in [-0.05, 0) is 6.42 Å². The second-order valence-corrected chi connectivity index (χ2v) is 7.44. The van der Waals surface area contributed by atoms with E-state index in [1.54, 1.807) is 42.9 Å². The van der Waals surface area contributed by atoms with Crippen LogP contribution in [0.25, 0.3) is 22.1 Å². The lowest BCUT2D eigenvalue weighted by Gasteiger charge is -2.39. The van der Waals surface area contributed by atoms with Crippen molar-refractivity contribution in [1.82, 2.24) is 35.3 Å². The van der Waals surface area contributed by atoms with E-state index in [4.69, 9.17) is 4.98 Å². The summed E-state index contributed by atoms with van der Waals surface area (Å²) >= 11 is 1.51. The van der Waals surface area contributed by atoms with Crippen molar-refractivity contribution in [3.63, 3.8) is 0 Å². The molecule has 0 fully saturated rings. The number of anilines is 3. The van der Waals surface area contributed by atoms with Crippen LogP contribution >= 0.6 is 11.3 Å². The lowest BCUT2D eigenvalue weighted by atomic mass is 10.1. The van der Waals surface area contributed by atoms with Crippen molar-refractivity contribution >= 4 is 34.4 Å². The highest BCUT2D eigenvalue weighted by atomic mass is 32.1. The van der Waals surface area contributed by atoms with Gasteiger partial charge in [-0.2, -0.15) is 10.2 Å². The second kappa shape index (κ2) is 6.78. The molecule has 0 unspecified atom stereocenters. The number of aromatic amines is 2. The Labute approximate surface area is 169 Å². The molecule has 0 spiro atoms. The zero-order valence-corrected chi connectivity index (χ0v) is 16.5. The van der Waals surface area contributed by atoms with E-state index in [2.05, 4.69) is 30.4 Å². The van der Waals surface area contributed by atoms with Crippen molar-refractivity contribution < 1.29 is 4.79 Å². The van der Waals surface area contributed by atoms with Gasteiger partial charge >= 0.3 is 0 Å². The molecule has 2 N–H and O–H groups in total. The first-order chi connectivity index (χ1) is 14.2. The van der Waals surface area contributed by atoms with E-state index in [0.29, 0.717) is 23.8 Å². The van der Waals surface area contributed by atoms with Crippen molar-refractivity contribution in [2.75, 3.05) is 16.8 Å². The fraction of sp³-hybridized carbons (Fsp3) is 0.222. The molecule has 1 amide bonds. The smallest absolute Gasteiger partial charge is 0.250 e. The molecule has 4 aromatic heterocycles. The maximum Gasteiger partial charge on any atom is 0.250 e. The summed E-state index contributed by atoms with van der Waals surface area (Å²) in [5.74, 6) is 1.15. The van der Waals surface area contributed by atoms with Crippen LogP contribution in [0.4, 0.5) is 17.2 Å². The topological polar surface area (TPSA) is 120 Å². The number of nitrogens with zero attached hydrogens (tertiary/aromatic N) is 7. The average Bonchev–Trinajstić information content (AvgIpc) is 3.51. The summed E-state index contributed by atoms with van der Waals surface area (Å²) in [6, 6.07) is -0.379. The third kappa shape index (κ3) is 2.70. The van der Waals surface area contributed by atoms with Crippen molar-refractivity contribution in [2.45, 2.75) is 19.4 Å². The molecule has 0 aromatic carbocycles. The number of fused-ring (bicyclic) bond motifs is 1. The highest BCUT2D eigenvalue weighted by Gasteiger charge is 2.38. The third-order valence-corrected chi connectivity index (χ3v) is 5.73. The molecule has 0 bridgehead atoms. The molecule has 0 saturated heterocycles. The minimum absolute atomic E-state index is 0.00987. The van der Waals surface area contributed by atoms with Crippen LogP contribution in [0.1, 0.15) is 13.3 Å². The van der Waals surface area contributed by atoms with Gasteiger partial charge in [0.05, 0.1) is 29.8 Å². The molecule has 5 heterocycles. The van der Waals surface area contributed by atoms with Crippen LogP contribution in [0.15, 0.2) is 36.4 Å². The van der Waals surface area contributed by atoms with Gasteiger partial charge in [-0.3, -0.25) is 15.0 Å². The van der Waals surface area contributed by atoms with Crippen LogP contribution in [-0.4, -0.2) is 54.3 Å². The quantitative estimate of drug-likeness (QED) is 0.533. The van der Waals surface area contributed by atoms with E-state index in [-0.39, 0.29) is 11.9 Å². The normalized spacial score (nSPS) is 16.3. The minimum atomic E-state index is -0.379. The van der Waals surface area contributed by atoms with Crippen molar-refractivity contribution in [2.24, 2.45) is 0 Å². The molecule has 0 saturated carbocycles. The molecule has 1 atom stereocenters. The number of likely N-dealkylation sites (N-methyl/N-ethyl adjacent to an activating group) is 1. The predicted octanol–water partition coefficient (Wildman–Crippen LogP) is 2.61. The molecule has 29 heavy (non-hydrogen) atoms. The number of carbonyl (C=O) groups is 1. The predicted molar refractivity (Wildman–Crippen MR) is 109 cm³/mol. The van der Waals surface area contributed by atoms with Gasteiger partial charge in [0.1, 0.15) is 22.4 Å². The van der Waals surface area contributed by atoms with E-state index >= 15 is 0 Å². The summed E-state index contributed by atoms with van der Waals surface area (Å²) in [6.07, 6.45) is 9.18. The van der Waals surface area contributed by atoms with E-state index in [1.165, 1.54) is 11.3 Å². The maximum absolute atomic E-state index is 12.9. The number of thiazole rings is 1. The van der Waals surface area contributed by atoms with Crippen LogP contribution < -0.4 is 9.80 Å². The highest BCUT2D eigenvalue weighted by Crippen LogP contribution is 2.40. The fourth-order valence-electron chi connectivity index (χ4n) is 3.51. The molecular weight excluding hydrogens is 390 g/mol. The van der Waals surface area contributed by atoms with E-state index in [9.17, 15) is 4.79 Å². The monoisotopic (exact) mass is 407 g/mol. The van der Waals surface area contributed by atoms with Gasteiger partial charge in [-0.15, -0.1) is 11.3 Å². The summed E-state index contributed by atoms with van der Waals surface area (Å²) in [5.41, 5.74) is 2.94. The minimum Gasteiger partial charge on any atom is -0.309 e. The number of carbonyl (C=O) groups excluding carboxylic acids is 1. The Morgan fingerprint density at radius 1 is 1.21 bits per heavy atom. The average molecular weight is 407 g/mol. The summed E-state index contributed by atoms with van der Waals surface area (Å²) < 4.78 is 0. The number of aromatic nitrogens is 7. The fourth-order valence-corrected chi connectivity index (χ4v) is 4.16. The Bertz CT molecular complexity index is 1150. The number of rotatable bonds is 4. The first-order valence-corrected chi connectivity index (χ1v) is 9.93. The van der Waals surface area contributed by atoms with Crippen LogP contribution in [0.2, 0.25) is 0 Å². The lowest BCUT2D eigenvalue weighted by molar-refractivity contribution is -0.119. The number of amides is 1. The van der Waals surface area contributed by atoms with Crippen LogP contribution in [-0.2, 0) is 4.79 Å². The molecule has 1 aliphatic rings. The lowest BCUT2D eigenvalue weighted by Crippen LogP contribution is -2.50. The van der Waals surface area contributed by atoms with Crippen molar-refractivity contribution in [3.05, 3.63) is 36.4 Å². The van der Waals surface area contributed by atoms with Gasteiger partial charge in [0.2, 0.25) is 5.91 Å². The highest BCUT2D eigenvalue weighted by molar-refractivity contribution is 7.13. The van der Waals surface area contributed by atoms with Gasteiger partial charge in [0.15, 0.2) is 11.6 Å². The first kappa shape index (κ1) is 17.5. The molecule has 1 aliphatic heterocycles. The Morgan fingerprint density at radius 2 is 2.10 bits per heavy atom. The summed E-state index contributed by atoms with van der Waals surface area (Å²) in [7, 11) is 1.75. The molecule has 0 radical (unpaired) electrons. The van der Waals surface area contributed by atoms with Crippen LogP contribution in [0, 0.1) is 0 Å². The Morgan fingerprint density at radius 3 is 2.83 bits per heavy atom. The summed E-state index contributed by atoms with van der Waals surface area (Å²) in [4.78, 5) is 30.2. The Kier molecular flexibility index (Phi) is 4.09. The molecule has 146 valence electrons. The number of hydrogen-bond acceptors (Lipinski definition) is 8. The first-order valence-electron chi connectivity index (χ1n) is 9.05. The molecule has 10 nitrogen and oxygen atoms in total. The molecule has 0 aliphatic carbocycles. The molecule has 5 rings (SSSR count). The standard InChI is InChI=1S/C18H17N9OS/c1-3-12-18(28)26(2)13-9-20-15(24-16(13)27(12)10-6-21-22-7-10)11-8-23-25-14(11)17-19-4-5-29-17/h4-9,12H,3H2,1-2H3,(H,21,22)(H,23,25)/t12-/m1/s1. The Balaban J connectivity index is 1.68. The van der Waals surface area contributed by atoms with Gasteiger partial charge in [-0.1, -0.05) is 6.92 Å².